The molecular weight excluding hydrogens is 472 g/mol. The molecule has 1 fully saturated rings. The molecule has 0 spiro atoms. The van der Waals surface area contributed by atoms with Gasteiger partial charge in [0.25, 0.3) is 0 Å². The van der Waals surface area contributed by atoms with Crippen molar-refractivity contribution in [1.82, 2.24) is 4.98 Å². The van der Waals surface area contributed by atoms with Gasteiger partial charge in [0, 0.05) is 23.1 Å². The topological polar surface area (TPSA) is 81.9 Å². The molecule has 3 aromatic rings. The molecule has 0 amide bonds. The van der Waals surface area contributed by atoms with E-state index in [1.54, 1.807) is 12.1 Å². The van der Waals surface area contributed by atoms with Crippen LogP contribution in [0.3, 0.4) is 0 Å². The first kappa shape index (κ1) is 20.9. The second-order valence-electron chi connectivity index (χ2n) is 6.65. The highest BCUT2D eigenvalue weighted by atomic mass is 79.9. The number of ether oxygens (including phenoxy) is 2. The van der Waals surface area contributed by atoms with E-state index in [2.05, 4.69) is 20.9 Å². The van der Waals surface area contributed by atoms with Crippen LogP contribution >= 0.6 is 15.9 Å². The number of nitrogens with zero attached hydrogens (tertiary/aromatic N) is 2. The van der Waals surface area contributed by atoms with E-state index in [9.17, 15) is 8.42 Å². The van der Waals surface area contributed by atoms with Crippen LogP contribution in [0, 0.1) is 0 Å². The normalized spacial score (nSPS) is 14.7. The molecule has 4 rings (SSSR count). The Kier molecular flexibility index (Phi) is 6.12. The third-order valence-corrected chi connectivity index (χ3v) is 6.81. The van der Waals surface area contributed by atoms with Crippen LogP contribution in [0.4, 0.5) is 5.88 Å². The van der Waals surface area contributed by atoms with Gasteiger partial charge in [-0.05, 0) is 49.4 Å². The first-order valence-corrected chi connectivity index (χ1v) is 11.8. The van der Waals surface area contributed by atoms with Crippen LogP contribution < -0.4 is 9.64 Å². The van der Waals surface area contributed by atoms with Gasteiger partial charge in [0.2, 0.25) is 26.6 Å². The Bertz CT molecular complexity index is 1120. The Morgan fingerprint density at radius 2 is 1.87 bits per heavy atom. The zero-order valence-corrected chi connectivity index (χ0v) is 18.8. The van der Waals surface area contributed by atoms with Gasteiger partial charge in [0.15, 0.2) is 0 Å². The number of benzene rings is 2. The average molecular weight is 493 g/mol. The van der Waals surface area contributed by atoms with Crippen molar-refractivity contribution < 1.29 is 22.3 Å². The van der Waals surface area contributed by atoms with Gasteiger partial charge < -0.3 is 18.8 Å². The lowest BCUT2D eigenvalue weighted by Crippen LogP contribution is -2.36. The second-order valence-corrected chi connectivity index (χ2v) is 9.43. The van der Waals surface area contributed by atoms with Crippen LogP contribution in [0.5, 0.6) is 5.75 Å². The molecule has 2 heterocycles. The molecule has 0 aliphatic carbocycles. The summed E-state index contributed by atoms with van der Waals surface area (Å²) in [5.41, 5.74) is 0.687. The maximum Gasteiger partial charge on any atom is 0.236 e. The van der Waals surface area contributed by atoms with E-state index in [1.165, 1.54) is 12.1 Å². The maximum atomic E-state index is 13.4. The number of halogens is 1. The zero-order chi connectivity index (χ0) is 21.1. The maximum absolute atomic E-state index is 13.4. The van der Waals surface area contributed by atoms with Gasteiger partial charge in [-0.25, -0.2) is 8.42 Å². The van der Waals surface area contributed by atoms with E-state index in [1.807, 2.05) is 36.1 Å². The summed E-state index contributed by atoms with van der Waals surface area (Å²) < 4.78 is 44.6. The molecule has 2 aromatic carbocycles. The first-order chi connectivity index (χ1) is 14.5. The van der Waals surface area contributed by atoms with Gasteiger partial charge in [0.05, 0.1) is 24.7 Å². The van der Waals surface area contributed by atoms with Crippen molar-refractivity contribution in [2.24, 2.45) is 0 Å². The number of hydrogen-bond acceptors (Lipinski definition) is 7. The van der Waals surface area contributed by atoms with E-state index in [4.69, 9.17) is 13.9 Å². The minimum atomic E-state index is -3.90. The van der Waals surface area contributed by atoms with Crippen LogP contribution in [0.2, 0.25) is 0 Å². The third-order valence-electron chi connectivity index (χ3n) is 4.65. The molecule has 0 bridgehead atoms. The fourth-order valence-corrected chi connectivity index (χ4v) is 4.90. The number of sulfone groups is 1. The first-order valence-electron chi connectivity index (χ1n) is 9.56. The number of morpholine rings is 1. The number of oxazole rings is 1. The van der Waals surface area contributed by atoms with Crippen molar-refractivity contribution in [3.05, 3.63) is 53.0 Å². The Morgan fingerprint density at radius 3 is 2.53 bits per heavy atom. The van der Waals surface area contributed by atoms with Gasteiger partial charge in [-0.2, -0.15) is 4.98 Å². The minimum Gasteiger partial charge on any atom is -0.494 e. The molecule has 0 saturated carbocycles. The molecule has 1 aliphatic rings. The van der Waals surface area contributed by atoms with Crippen LogP contribution in [0.15, 0.2) is 67.3 Å². The largest absolute Gasteiger partial charge is 0.494 e. The summed E-state index contributed by atoms with van der Waals surface area (Å²) in [6, 6.07) is 13.7. The molecule has 1 aliphatic heterocycles. The number of rotatable bonds is 6. The van der Waals surface area contributed by atoms with Gasteiger partial charge >= 0.3 is 0 Å². The fourth-order valence-electron chi connectivity index (χ4n) is 3.18. The Labute approximate surface area is 183 Å². The minimum absolute atomic E-state index is 0.0939. The van der Waals surface area contributed by atoms with Crippen LogP contribution in [-0.2, 0) is 14.6 Å². The van der Waals surface area contributed by atoms with Gasteiger partial charge in [-0.15, -0.1) is 0 Å². The van der Waals surface area contributed by atoms with Crippen molar-refractivity contribution in [2.75, 3.05) is 37.8 Å². The molecule has 30 heavy (non-hydrogen) atoms. The van der Waals surface area contributed by atoms with Crippen molar-refractivity contribution in [3.8, 4) is 17.2 Å². The van der Waals surface area contributed by atoms with Crippen LogP contribution in [0.1, 0.15) is 6.92 Å². The van der Waals surface area contributed by atoms with E-state index >= 15 is 0 Å². The van der Waals surface area contributed by atoms with Crippen LogP contribution in [-0.4, -0.2) is 46.3 Å². The summed E-state index contributed by atoms with van der Waals surface area (Å²) in [7, 11) is -3.90. The predicted octanol–water partition coefficient (Wildman–Crippen LogP) is 4.17. The Balaban J connectivity index is 1.80. The van der Waals surface area contributed by atoms with Gasteiger partial charge in [-0.1, -0.05) is 22.0 Å². The number of hydrogen-bond donors (Lipinski definition) is 0. The highest BCUT2D eigenvalue weighted by molar-refractivity contribution is 9.10. The van der Waals surface area contributed by atoms with Crippen molar-refractivity contribution in [3.63, 3.8) is 0 Å². The monoisotopic (exact) mass is 492 g/mol. The van der Waals surface area contributed by atoms with Crippen molar-refractivity contribution in [2.45, 2.75) is 16.8 Å². The molecule has 0 radical (unpaired) electrons. The summed E-state index contributed by atoms with van der Waals surface area (Å²) in [4.78, 5) is 6.41. The predicted molar refractivity (Wildman–Crippen MR) is 116 cm³/mol. The molecule has 9 heteroatoms. The Hall–Kier alpha value is -2.36. The summed E-state index contributed by atoms with van der Waals surface area (Å²) in [5.74, 6) is 1.10. The molecular formula is C21H21BrN2O5S. The van der Waals surface area contributed by atoms with E-state index < -0.39 is 9.84 Å². The lowest BCUT2D eigenvalue weighted by Gasteiger charge is -2.26. The number of aromatic nitrogens is 1. The molecule has 1 aromatic heterocycles. The van der Waals surface area contributed by atoms with Crippen molar-refractivity contribution in [1.29, 1.82) is 0 Å². The SMILES string of the molecule is CCOc1ccc(S(=O)(=O)c2nc(-c3cccc(Br)c3)oc2N2CCOCC2)cc1. The Morgan fingerprint density at radius 1 is 1.13 bits per heavy atom. The highest BCUT2D eigenvalue weighted by Crippen LogP contribution is 2.36. The summed E-state index contributed by atoms with van der Waals surface area (Å²) in [6.07, 6.45) is 0. The van der Waals surface area contributed by atoms with E-state index in [0.29, 0.717) is 44.2 Å². The quantitative estimate of drug-likeness (QED) is 0.510. The summed E-state index contributed by atoms with van der Waals surface area (Å²) in [5, 5.41) is -0.0939. The summed E-state index contributed by atoms with van der Waals surface area (Å²) in [6.45, 7) is 4.42. The highest BCUT2D eigenvalue weighted by Gasteiger charge is 2.32. The average Bonchev–Trinajstić information content (AvgIpc) is 3.22. The molecule has 158 valence electrons. The summed E-state index contributed by atoms with van der Waals surface area (Å²) >= 11 is 3.43. The molecule has 7 nitrogen and oxygen atoms in total. The molecule has 0 unspecified atom stereocenters. The van der Waals surface area contributed by atoms with E-state index in [0.717, 1.165) is 4.47 Å². The standard InChI is InChI=1S/C21H21BrN2O5S/c1-2-28-17-6-8-18(9-7-17)30(25,26)20-21(24-10-12-27-13-11-24)29-19(23-20)15-4-3-5-16(22)14-15/h3-9,14H,2,10-13H2,1H3. The lowest BCUT2D eigenvalue weighted by molar-refractivity contribution is 0.120. The molecule has 0 N–H and O–H groups in total. The second kappa shape index (κ2) is 8.79. The molecule has 0 atom stereocenters. The lowest BCUT2D eigenvalue weighted by atomic mass is 10.2. The number of anilines is 1. The van der Waals surface area contributed by atoms with Gasteiger partial charge in [0.1, 0.15) is 5.75 Å². The van der Waals surface area contributed by atoms with Crippen molar-refractivity contribution >= 4 is 31.7 Å². The smallest absolute Gasteiger partial charge is 0.236 e. The fraction of sp³-hybridized carbons (Fsp3) is 0.286. The van der Waals surface area contributed by atoms with E-state index in [-0.39, 0.29) is 21.7 Å². The zero-order valence-electron chi connectivity index (χ0n) is 16.4. The molecule has 1 saturated heterocycles. The third kappa shape index (κ3) is 4.23. The van der Waals surface area contributed by atoms with Crippen LogP contribution in [0.25, 0.3) is 11.5 Å². The van der Waals surface area contributed by atoms with Gasteiger partial charge in [-0.3, -0.25) is 0 Å².